The molecule has 14 heavy (non-hydrogen) atoms. The van der Waals surface area contributed by atoms with Gasteiger partial charge in [-0.05, 0) is 30.4 Å². The minimum absolute atomic E-state index is 0.572. The Labute approximate surface area is 86.5 Å². The summed E-state index contributed by atoms with van der Waals surface area (Å²) in [6, 6.07) is 11.3. The van der Waals surface area contributed by atoms with E-state index in [4.69, 9.17) is 0 Å². The maximum absolute atomic E-state index is 3.62. The van der Waals surface area contributed by atoms with Crippen molar-refractivity contribution in [1.29, 1.82) is 0 Å². The first-order valence-electron chi connectivity index (χ1n) is 5.55. The summed E-state index contributed by atoms with van der Waals surface area (Å²) in [6.07, 6.45) is 1.27. The number of rotatable bonds is 1. The molecule has 76 valence electrons. The Morgan fingerprint density at radius 3 is 2.43 bits per heavy atom. The van der Waals surface area contributed by atoms with E-state index in [1.54, 1.807) is 0 Å². The molecule has 0 saturated carbocycles. The van der Waals surface area contributed by atoms with Crippen LogP contribution < -0.4 is 5.32 Å². The van der Waals surface area contributed by atoms with Gasteiger partial charge in [0, 0.05) is 6.04 Å². The van der Waals surface area contributed by atoms with Crippen molar-refractivity contribution in [2.75, 3.05) is 6.54 Å². The van der Waals surface area contributed by atoms with E-state index in [0.717, 1.165) is 18.4 Å². The molecule has 0 amide bonds. The monoisotopic (exact) mass is 189 g/mol. The highest BCUT2D eigenvalue weighted by Crippen LogP contribution is 2.29. The Kier molecular flexibility index (Phi) is 2.87. The highest BCUT2D eigenvalue weighted by molar-refractivity contribution is 5.19. The van der Waals surface area contributed by atoms with Gasteiger partial charge in [0.2, 0.25) is 0 Å². The largest absolute Gasteiger partial charge is 0.310 e. The fraction of sp³-hybridized carbons (Fsp3) is 0.538. The van der Waals surface area contributed by atoms with Crippen LogP contribution in [-0.4, -0.2) is 6.54 Å². The Balaban J connectivity index is 2.07. The molecule has 0 bridgehead atoms. The van der Waals surface area contributed by atoms with E-state index in [1.165, 1.54) is 12.0 Å². The van der Waals surface area contributed by atoms with Gasteiger partial charge in [-0.1, -0.05) is 44.2 Å². The van der Waals surface area contributed by atoms with Crippen molar-refractivity contribution < 1.29 is 0 Å². The zero-order valence-corrected chi connectivity index (χ0v) is 9.03. The van der Waals surface area contributed by atoms with Crippen LogP contribution in [-0.2, 0) is 0 Å². The molecule has 0 radical (unpaired) electrons. The molecular weight excluding hydrogens is 170 g/mol. The lowest BCUT2D eigenvalue weighted by molar-refractivity contribution is 0.243. The van der Waals surface area contributed by atoms with Crippen molar-refractivity contribution in [1.82, 2.24) is 5.32 Å². The van der Waals surface area contributed by atoms with E-state index in [2.05, 4.69) is 49.5 Å². The van der Waals surface area contributed by atoms with E-state index in [1.807, 2.05) is 0 Å². The number of piperidine rings is 1. The van der Waals surface area contributed by atoms with Gasteiger partial charge in [-0.2, -0.15) is 0 Å². The predicted molar refractivity (Wildman–Crippen MR) is 60.1 cm³/mol. The lowest BCUT2D eigenvalue weighted by Crippen LogP contribution is -2.36. The Hall–Kier alpha value is -0.820. The van der Waals surface area contributed by atoms with E-state index in [-0.39, 0.29) is 0 Å². The molecule has 0 aliphatic carbocycles. The van der Waals surface area contributed by atoms with Gasteiger partial charge in [-0.3, -0.25) is 0 Å². The number of nitrogens with one attached hydrogen (secondary N) is 1. The SMILES string of the molecule is CC1CNC(c2ccccc2)CC1C. The van der Waals surface area contributed by atoms with Crippen molar-refractivity contribution in [2.45, 2.75) is 26.3 Å². The van der Waals surface area contributed by atoms with Crippen molar-refractivity contribution in [3.8, 4) is 0 Å². The molecule has 1 aromatic rings. The highest BCUT2D eigenvalue weighted by atomic mass is 14.9. The van der Waals surface area contributed by atoms with E-state index in [0.29, 0.717) is 6.04 Å². The summed E-state index contributed by atoms with van der Waals surface area (Å²) >= 11 is 0. The third-order valence-electron chi connectivity index (χ3n) is 3.47. The average Bonchev–Trinajstić information content (AvgIpc) is 2.23. The fourth-order valence-corrected chi connectivity index (χ4v) is 2.16. The van der Waals surface area contributed by atoms with Gasteiger partial charge in [-0.15, -0.1) is 0 Å². The van der Waals surface area contributed by atoms with Gasteiger partial charge in [-0.25, -0.2) is 0 Å². The lowest BCUT2D eigenvalue weighted by atomic mass is 9.83. The van der Waals surface area contributed by atoms with Crippen LogP contribution in [0.3, 0.4) is 0 Å². The molecular formula is C13H19N. The Morgan fingerprint density at radius 2 is 1.79 bits per heavy atom. The lowest BCUT2D eigenvalue weighted by Gasteiger charge is -2.33. The van der Waals surface area contributed by atoms with E-state index >= 15 is 0 Å². The molecule has 1 heterocycles. The molecule has 1 aliphatic heterocycles. The number of hydrogen-bond acceptors (Lipinski definition) is 1. The van der Waals surface area contributed by atoms with Gasteiger partial charge in [0.1, 0.15) is 0 Å². The second-order valence-corrected chi connectivity index (χ2v) is 4.56. The summed E-state index contributed by atoms with van der Waals surface area (Å²) in [5, 5.41) is 3.62. The highest BCUT2D eigenvalue weighted by Gasteiger charge is 2.24. The maximum atomic E-state index is 3.62. The van der Waals surface area contributed by atoms with Crippen LogP contribution in [0.1, 0.15) is 31.9 Å². The number of benzene rings is 1. The molecule has 1 aliphatic rings. The predicted octanol–water partition coefficient (Wildman–Crippen LogP) is 2.99. The third-order valence-corrected chi connectivity index (χ3v) is 3.47. The topological polar surface area (TPSA) is 12.0 Å². The van der Waals surface area contributed by atoms with Crippen LogP contribution in [0.15, 0.2) is 30.3 Å². The van der Waals surface area contributed by atoms with Gasteiger partial charge in [0.25, 0.3) is 0 Å². The molecule has 1 heteroatoms. The van der Waals surface area contributed by atoms with Crippen LogP contribution in [0.4, 0.5) is 0 Å². The van der Waals surface area contributed by atoms with Crippen molar-refractivity contribution in [3.63, 3.8) is 0 Å². The van der Waals surface area contributed by atoms with Crippen molar-refractivity contribution in [2.24, 2.45) is 11.8 Å². The van der Waals surface area contributed by atoms with E-state index in [9.17, 15) is 0 Å². The Bertz CT molecular complexity index is 281. The summed E-state index contributed by atoms with van der Waals surface area (Å²) in [5.41, 5.74) is 1.44. The first kappa shape index (κ1) is 9.72. The first-order valence-corrected chi connectivity index (χ1v) is 5.55. The molecule has 1 N–H and O–H groups in total. The average molecular weight is 189 g/mol. The summed E-state index contributed by atoms with van der Waals surface area (Å²) in [7, 11) is 0. The van der Waals surface area contributed by atoms with Crippen LogP contribution in [0.25, 0.3) is 0 Å². The standard InChI is InChI=1S/C13H19N/c1-10-8-13(14-9-11(10)2)12-6-4-3-5-7-12/h3-7,10-11,13-14H,8-9H2,1-2H3. The molecule has 0 aromatic heterocycles. The van der Waals surface area contributed by atoms with Crippen LogP contribution in [0.2, 0.25) is 0 Å². The molecule has 2 rings (SSSR count). The fourth-order valence-electron chi connectivity index (χ4n) is 2.16. The quantitative estimate of drug-likeness (QED) is 0.716. The molecule has 1 nitrogen and oxygen atoms in total. The zero-order valence-electron chi connectivity index (χ0n) is 9.03. The molecule has 1 fully saturated rings. The second-order valence-electron chi connectivity index (χ2n) is 4.56. The third kappa shape index (κ3) is 1.98. The van der Waals surface area contributed by atoms with E-state index < -0.39 is 0 Å². The van der Waals surface area contributed by atoms with Crippen LogP contribution in [0, 0.1) is 11.8 Å². The van der Waals surface area contributed by atoms with Crippen molar-refractivity contribution >= 4 is 0 Å². The Morgan fingerprint density at radius 1 is 1.07 bits per heavy atom. The molecule has 3 unspecified atom stereocenters. The summed E-state index contributed by atoms with van der Waals surface area (Å²) in [6.45, 7) is 5.85. The van der Waals surface area contributed by atoms with Crippen molar-refractivity contribution in [3.05, 3.63) is 35.9 Å². The van der Waals surface area contributed by atoms with Gasteiger partial charge in [0.05, 0.1) is 0 Å². The molecule has 0 spiro atoms. The molecule has 1 saturated heterocycles. The maximum Gasteiger partial charge on any atom is 0.0323 e. The van der Waals surface area contributed by atoms with Crippen LogP contribution in [0.5, 0.6) is 0 Å². The molecule has 1 aromatic carbocycles. The number of hydrogen-bond donors (Lipinski definition) is 1. The normalized spacial score (nSPS) is 32.9. The summed E-state index contributed by atoms with van der Waals surface area (Å²) in [5.74, 6) is 1.65. The minimum atomic E-state index is 0.572. The molecule has 3 atom stereocenters. The zero-order chi connectivity index (χ0) is 9.97. The van der Waals surface area contributed by atoms with Gasteiger partial charge < -0.3 is 5.32 Å². The van der Waals surface area contributed by atoms with Gasteiger partial charge in [0.15, 0.2) is 0 Å². The van der Waals surface area contributed by atoms with Gasteiger partial charge >= 0.3 is 0 Å². The minimum Gasteiger partial charge on any atom is -0.310 e. The summed E-state index contributed by atoms with van der Waals surface area (Å²) < 4.78 is 0. The summed E-state index contributed by atoms with van der Waals surface area (Å²) in [4.78, 5) is 0. The first-order chi connectivity index (χ1) is 6.77. The smallest absolute Gasteiger partial charge is 0.0323 e. The van der Waals surface area contributed by atoms with Crippen LogP contribution >= 0.6 is 0 Å². The second kappa shape index (κ2) is 4.14.